The Morgan fingerprint density at radius 3 is 1.17 bits per heavy atom. The molecule has 2 N–H and O–H groups in total. The number of ether oxygens (including phenoxy) is 1. The fourth-order valence-corrected chi connectivity index (χ4v) is 8.65. The highest BCUT2D eigenvalue weighted by atomic mass is 32.3. The van der Waals surface area contributed by atoms with Gasteiger partial charge in [0.25, 0.3) is 10.1 Å². The second-order valence-corrected chi connectivity index (χ2v) is 16.3. The highest BCUT2D eigenvalue weighted by Crippen LogP contribution is 2.51. The molecule has 0 aromatic rings. The lowest BCUT2D eigenvalue weighted by Gasteiger charge is -2.44. The lowest BCUT2D eigenvalue weighted by molar-refractivity contribution is -0.167. The first-order chi connectivity index (χ1) is 22.8. The molecular weight excluding hydrogens is 657 g/mol. The van der Waals surface area contributed by atoms with Gasteiger partial charge in [0.05, 0.1) is 6.61 Å². The Kier molecular flexibility index (Phi) is 25.9. The molecule has 1 unspecified atom stereocenters. The van der Waals surface area contributed by atoms with Crippen molar-refractivity contribution in [3.8, 4) is 0 Å². The second kappa shape index (κ2) is 26.6. The fraction of sp³-hybridized carbons (Fsp3) is 0.944. The third-order valence-electron chi connectivity index (χ3n) is 9.64. The average molecular weight is 727 g/mol. The summed E-state index contributed by atoms with van der Waals surface area (Å²) in [5, 5.41) is 0. The van der Waals surface area contributed by atoms with Gasteiger partial charge in [-0.1, -0.05) is 175 Å². The van der Waals surface area contributed by atoms with E-state index < -0.39 is 49.0 Å². The molecule has 0 rings (SSSR count). The van der Waals surface area contributed by atoms with Gasteiger partial charge < -0.3 is 8.92 Å². The summed E-state index contributed by atoms with van der Waals surface area (Å²) < 4.78 is 79.1. The molecule has 12 heteroatoms. The Morgan fingerprint density at radius 2 is 0.812 bits per heavy atom. The van der Waals surface area contributed by atoms with Crippen molar-refractivity contribution in [1.29, 1.82) is 0 Å². The molecule has 0 saturated heterocycles. The molecule has 0 bridgehead atoms. The lowest BCUT2D eigenvalue weighted by Crippen LogP contribution is -2.63. The Bertz CT molecular complexity index is 1040. The van der Waals surface area contributed by atoms with Crippen LogP contribution < -0.4 is 0 Å². The minimum atomic E-state index is -5.50. The van der Waals surface area contributed by atoms with Gasteiger partial charge in [0, 0.05) is 0 Å². The maximum absolute atomic E-state index is 14.5. The van der Waals surface area contributed by atoms with E-state index >= 15 is 0 Å². The zero-order chi connectivity index (χ0) is 36.4. The van der Waals surface area contributed by atoms with Gasteiger partial charge in [-0.3, -0.25) is 13.9 Å². The molecule has 0 heterocycles. The number of hydrogen-bond donors (Lipinski definition) is 2. The predicted molar refractivity (Wildman–Crippen MR) is 193 cm³/mol. The molecule has 0 aliphatic carbocycles. The Morgan fingerprint density at radius 1 is 0.479 bits per heavy atom. The van der Waals surface area contributed by atoms with Crippen LogP contribution in [0.15, 0.2) is 0 Å². The molecule has 0 aliphatic heterocycles. The van der Waals surface area contributed by atoms with Crippen LogP contribution in [-0.2, 0) is 39.0 Å². The molecule has 10 nitrogen and oxygen atoms in total. The summed E-state index contributed by atoms with van der Waals surface area (Å²) in [6.07, 6.45) is 18.7. The second-order valence-electron chi connectivity index (χ2n) is 13.6. The topological polar surface area (TPSA) is 161 Å². The van der Waals surface area contributed by atoms with Gasteiger partial charge in [-0.05, 0) is 25.7 Å². The SMILES string of the molecule is CCCCCCCCOC(=O)C(CCCCCCCC)(CCCCCCCC)C(CCCCCCCC)(C(=O)OS(=O)(=O)O)S(=O)(=O)O. The van der Waals surface area contributed by atoms with E-state index in [2.05, 4.69) is 31.9 Å². The molecule has 1 atom stereocenters. The minimum Gasteiger partial charge on any atom is -0.465 e. The molecule has 0 aromatic heterocycles. The van der Waals surface area contributed by atoms with Gasteiger partial charge >= 0.3 is 22.3 Å². The lowest BCUT2D eigenvalue weighted by atomic mass is 9.65. The summed E-state index contributed by atoms with van der Waals surface area (Å²) in [4.78, 5) is 28.4. The van der Waals surface area contributed by atoms with Crippen molar-refractivity contribution in [2.45, 2.75) is 206 Å². The van der Waals surface area contributed by atoms with E-state index in [1.165, 1.54) is 0 Å². The molecule has 0 radical (unpaired) electrons. The van der Waals surface area contributed by atoms with E-state index in [-0.39, 0.29) is 25.9 Å². The van der Waals surface area contributed by atoms with Crippen molar-refractivity contribution in [2.75, 3.05) is 6.61 Å². The highest BCUT2D eigenvalue weighted by molar-refractivity contribution is 7.88. The summed E-state index contributed by atoms with van der Waals surface area (Å²) >= 11 is 0. The van der Waals surface area contributed by atoms with Gasteiger partial charge in [0.2, 0.25) is 4.75 Å². The van der Waals surface area contributed by atoms with E-state index in [9.17, 15) is 35.5 Å². The molecule has 0 spiro atoms. The van der Waals surface area contributed by atoms with Crippen LogP contribution in [0.4, 0.5) is 0 Å². The number of carbonyl (C=O) groups is 2. The maximum atomic E-state index is 14.5. The van der Waals surface area contributed by atoms with Crippen molar-refractivity contribution >= 4 is 32.5 Å². The van der Waals surface area contributed by atoms with Crippen LogP contribution in [0.3, 0.4) is 0 Å². The van der Waals surface area contributed by atoms with Gasteiger partial charge in [-0.25, -0.2) is 4.79 Å². The number of carbonyl (C=O) groups excluding carboxylic acids is 2. The van der Waals surface area contributed by atoms with E-state index in [1.807, 2.05) is 0 Å². The molecule has 0 saturated carbocycles. The first-order valence-corrected chi connectivity index (χ1v) is 22.0. The third kappa shape index (κ3) is 17.6. The normalized spacial score (nSPS) is 13.7. The molecule has 0 amide bonds. The van der Waals surface area contributed by atoms with Crippen molar-refractivity contribution in [3.63, 3.8) is 0 Å². The smallest absolute Gasteiger partial charge is 0.449 e. The monoisotopic (exact) mass is 726 g/mol. The van der Waals surface area contributed by atoms with Crippen LogP contribution in [0.1, 0.15) is 201 Å². The zero-order valence-electron chi connectivity index (χ0n) is 30.8. The number of hydrogen-bond acceptors (Lipinski definition) is 8. The predicted octanol–water partition coefficient (Wildman–Crippen LogP) is 10.1. The molecule has 0 fully saturated rings. The van der Waals surface area contributed by atoms with Crippen LogP contribution in [0.2, 0.25) is 0 Å². The Labute approximate surface area is 294 Å². The van der Waals surface area contributed by atoms with Crippen molar-refractivity contribution < 1.29 is 44.5 Å². The maximum Gasteiger partial charge on any atom is 0.449 e. The summed E-state index contributed by atoms with van der Waals surface area (Å²) in [5.74, 6) is -2.79. The molecular formula is C36H70O10S2. The molecule has 48 heavy (non-hydrogen) atoms. The molecule has 0 aliphatic rings. The molecule has 0 aromatic carbocycles. The Balaban J connectivity index is 6.99. The summed E-state index contributed by atoms with van der Waals surface area (Å²) in [6, 6.07) is 0. The zero-order valence-corrected chi connectivity index (χ0v) is 32.4. The van der Waals surface area contributed by atoms with Gasteiger partial charge in [-0.15, -0.1) is 0 Å². The number of rotatable bonds is 33. The average Bonchev–Trinajstić information content (AvgIpc) is 3.01. The van der Waals surface area contributed by atoms with Crippen molar-refractivity contribution in [3.05, 3.63) is 0 Å². The summed E-state index contributed by atoms with van der Waals surface area (Å²) in [5.41, 5.74) is -2.12. The van der Waals surface area contributed by atoms with Gasteiger partial charge in [-0.2, -0.15) is 16.8 Å². The van der Waals surface area contributed by atoms with E-state index in [0.717, 1.165) is 109 Å². The summed E-state index contributed by atoms with van der Waals surface area (Å²) in [7, 11) is -11.0. The quantitative estimate of drug-likeness (QED) is 0.0378. The van der Waals surface area contributed by atoms with Crippen molar-refractivity contribution in [1.82, 2.24) is 0 Å². The minimum absolute atomic E-state index is 0.00558. The standard InChI is InChI=1S/C36H70O10S2/c1-5-9-13-17-21-25-29-35(30-26-22-18-14-10-6-2,33(37)45-32-28-24-20-16-12-8-4)36(47(39,40)41,34(38)46-48(42,43)44)31-27-23-19-15-11-7-3/h5-32H2,1-4H3,(H,39,40,41)(H,42,43,44). The van der Waals surface area contributed by atoms with E-state index in [0.29, 0.717) is 38.5 Å². The third-order valence-corrected chi connectivity index (χ3v) is 11.6. The van der Waals surface area contributed by atoms with Crippen LogP contribution in [0.25, 0.3) is 0 Å². The highest BCUT2D eigenvalue weighted by Gasteiger charge is 2.69. The summed E-state index contributed by atoms with van der Waals surface area (Å²) in [6.45, 7) is 8.37. The van der Waals surface area contributed by atoms with Gasteiger partial charge in [0.1, 0.15) is 5.41 Å². The van der Waals surface area contributed by atoms with E-state index in [1.54, 1.807) is 0 Å². The first kappa shape index (κ1) is 46.8. The fourth-order valence-electron chi connectivity index (χ4n) is 6.83. The first-order valence-electron chi connectivity index (χ1n) is 19.1. The van der Waals surface area contributed by atoms with Gasteiger partial charge in [0.15, 0.2) is 0 Å². The Hall–Kier alpha value is -1.24. The number of esters is 1. The largest absolute Gasteiger partial charge is 0.465 e. The van der Waals surface area contributed by atoms with E-state index in [4.69, 9.17) is 4.74 Å². The molecule has 286 valence electrons. The van der Waals surface area contributed by atoms with Crippen LogP contribution in [0, 0.1) is 5.41 Å². The number of unbranched alkanes of at least 4 members (excludes halogenated alkanes) is 20. The van der Waals surface area contributed by atoms with Crippen LogP contribution in [-0.4, -0.2) is 49.2 Å². The van der Waals surface area contributed by atoms with Crippen molar-refractivity contribution in [2.24, 2.45) is 5.41 Å². The van der Waals surface area contributed by atoms with Crippen LogP contribution >= 0.6 is 0 Å². The van der Waals surface area contributed by atoms with Crippen LogP contribution in [0.5, 0.6) is 0 Å².